The Labute approximate surface area is 119 Å². The number of amides is 1. The SMILES string of the molecule is CC(CSCC(=O)NCCC1=CCCCC1)C(=O)O. The third-order valence-corrected chi connectivity index (χ3v) is 4.38. The van der Waals surface area contributed by atoms with Crippen LogP contribution in [0.15, 0.2) is 11.6 Å². The highest BCUT2D eigenvalue weighted by Gasteiger charge is 2.11. The fraction of sp³-hybridized carbons (Fsp3) is 0.714. The van der Waals surface area contributed by atoms with Crippen molar-refractivity contribution in [3.63, 3.8) is 0 Å². The standard InChI is InChI=1S/C14H23NO3S/c1-11(14(17)18)9-19-10-13(16)15-8-7-12-5-3-2-4-6-12/h5,11H,2-4,6-10H2,1H3,(H,15,16)(H,17,18). The van der Waals surface area contributed by atoms with Gasteiger partial charge in [-0.15, -0.1) is 0 Å². The van der Waals surface area contributed by atoms with Gasteiger partial charge in [-0.25, -0.2) is 0 Å². The Morgan fingerprint density at radius 1 is 1.47 bits per heavy atom. The minimum absolute atomic E-state index is 0.000928. The number of hydrogen-bond acceptors (Lipinski definition) is 3. The Morgan fingerprint density at radius 2 is 2.26 bits per heavy atom. The molecule has 0 spiro atoms. The van der Waals surface area contributed by atoms with E-state index in [2.05, 4.69) is 11.4 Å². The molecule has 0 saturated heterocycles. The number of nitrogens with one attached hydrogen (secondary N) is 1. The second-order valence-corrected chi connectivity index (χ2v) is 5.99. The zero-order valence-corrected chi connectivity index (χ0v) is 12.3. The molecule has 1 atom stereocenters. The maximum Gasteiger partial charge on any atom is 0.307 e. The Kier molecular flexibility index (Phi) is 7.63. The molecule has 4 nitrogen and oxygen atoms in total. The molecule has 5 heteroatoms. The number of rotatable bonds is 8. The highest BCUT2D eigenvalue weighted by Crippen LogP contribution is 2.19. The van der Waals surface area contributed by atoms with E-state index < -0.39 is 11.9 Å². The number of carbonyl (C=O) groups excluding carboxylic acids is 1. The van der Waals surface area contributed by atoms with Crippen LogP contribution in [0.25, 0.3) is 0 Å². The number of carbonyl (C=O) groups is 2. The van der Waals surface area contributed by atoms with Gasteiger partial charge in [-0.1, -0.05) is 18.6 Å². The molecular formula is C14H23NO3S. The molecule has 0 aliphatic heterocycles. The van der Waals surface area contributed by atoms with E-state index in [1.165, 1.54) is 43.0 Å². The Hall–Kier alpha value is -0.970. The Balaban J connectivity index is 2.04. The van der Waals surface area contributed by atoms with Crippen molar-refractivity contribution < 1.29 is 14.7 Å². The predicted molar refractivity (Wildman–Crippen MR) is 78.3 cm³/mol. The quantitative estimate of drug-likeness (QED) is 0.672. The van der Waals surface area contributed by atoms with Crippen molar-refractivity contribution in [3.8, 4) is 0 Å². The fourth-order valence-electron chi connectivity index (χ4n) is 1.94. The monoisotopic (exact) mass is 285 g/mol. The molecule has 1 rings (SSSR count). The van der Waals surface area contributed by atoms with Crippen LogP contribution in [0.3, 0.4) is 0 Å². The molecule has 0 aromatic heterocycles. The number of hydrogen-bond donors (Lipinski definition) is 2. The lowest BCUT2D eigenvalue weighted by Gasteiger charge is -2.13. The molecule has 0 bridgehead atoms. The van der Waals surface area contributed by atoms with Crippen molar-refractivity contribution in [1.82, 2.24) is 5.32 Å². The van der Waals surface area contributed by atoms with Gasteiger partial charge in [0.25, 0.3) is 0 Å². The summed E-state index contributed by atoms with van der Waals surface area (Å²) < 4.78 is 0. The molecule has 0 radical (unpaired) electrons. The van der Waals surface area contributed by atoms with Crippen LogP contribution >= 0.6 is 11.8 Å². The normalized spacial score (nSPS) is 16.6. The third-order valence-electron chi connectivity index (χ3n) is 3.18. The Morgan fingerprint density at radius 3 is 2.89 bits per heavy atom. The summed E-state index contributed by atoms with van der Waals surface area (Å²) in [6.07, 6.45) is 8.13. The van der Waals surface area contributed by atoms with Crippen molar-refractivity contribution in [2.45, 2.75) is 39.0 Å². The van der Waals surface area contributed by atoms with E-state index in [1.807, 2.05) is 0 Å². The topological polar surface area (TPSA) is 66.4 Å². The van der Waals surface area contributed by atoms with Gasteiger partial charge in [-0.2, -0.15) is 11.8 Å². The summed E-state index contributed by atoms with van der Waals surface area (Å²) in [5.41, 5.74) is 1.46. The van der Waals surface area contributed by atoms with Gasteiger partial charge in [0.2, 0.25) is 5.91 Å². The van der Waals surface area contributed by atoms with E-state index in [-0.39, 0.29) is 5.91 Å². The van der Waals surface area contributed by atoms with E-state index in [9.17, 15) is 9.59 Å². The maximum atomic E-state index is 11.5. The van der Waals surface area contributed by atoms with Crippen molar-refractivity contribution in [3.05, 3.63) is 11.6 Å². The lowest BCUT2D eigenvalue weighted by molar-refractivity contribution is -0.140. The maximum absolute atomic E-state index is 11.5. The first-order chi connectivity index (χ1) is 9.09. The average Bonchev–Trinajstić information content (AvgIpc) is 2.39. The van der Waals surface area contributed by atoms with Gasteiger partial charge in [0, 0.05) is 12.3 Å². The van der Waals surface area contributed by atoms with Gasteiger partial charge in [0.05, 0.1) is 11.7 Å². The van der Waals surface area contributed by atoms with Crippen LogP contribution in [0.5, 0.6) is 0 Å². The predicted octanol–water partition coefficient (Wildman–Crippen LogP) is 2.45. The van der Waals surface area contributed by atoms with E-state index >= 15 is 0 Å². The van der Waals surface area contributed by atoms with Gasteiger partial charge in [-0.05, 0) is 32.1 Å². The lowest BCUT2D eigenvalue weighted by atomic mass is 9.97. The third kappa shape index (κ3) is 7.25. The Bertz CT molecular complexity index is 342. The van der Waals surface area contributed by atoms with Gasteiger partial charge in [0.15, 0.2) is 0 Å². The summed E-state index contributed by atoms with van der Waals surface area (Å²) >= 11 is 1.38. The summed E-state index contributed by atoms with van der Waals surface area (Å²) in [5.74, 6) is -0.383. The first kappa shape index (κ1) is 16.1. The van der Waals surface area contributed by atoms with Crippen molar-refractivity contribution >= 4 is 23.6 Å². The van der Waals surface area contributed by atoms with Gasteiger partial charge in [-0.3, -0.25) is 9.59 Å². The second-order valence-electron chi connectivity index (χ2n) is 4.96. The molecule has 0 fully saturated rings. The summed E-state index contributed by atoms with van der Waals surface area (Å²) in [4.78, 5) is 22.1. The van der Waals surface area contributed by atoms with E-state index in [4.69, 9.17) is 5.11 Å². The van der Waals surface area contributed by atoms with Crippen LogP contribution in [0.2, 0.25) is 0 Å². The van der Waals surface area contributed by atoms with Crippen LogP contribution in [0.1, 0.15) is 39.0 Å². The molecule has 0 heterocycles. The number of carboxylic acid groups (broad SMARTS) is 1. The highest BCUT2D eigenvalue weighted by atomic mass is 32.2. The molecule has 1 amide bonds. The summed E-state index contributed by atoms with van der Waals surface area (Å²) in [5, 5.41) is 11.6. The van der Waals surface area contributed by atoms with E-state index in [0.717, 1.165) is 6.42 Å². The fourth-order valence-corrected chi connectivity index (χ4v) is 2.85. The van der Waals surface area contributed by atoms with Crippen LogP contribution in [-0.4, -0.2) is 35.0 Å². The molecule has 1 unspecified atom stereocenters. The first-order valence-electron chi connectivity index (χ1n) is 6.84. The second kappa shape index (κ2) is 9.02. The average molecular weight is 285 g/mol. The van der Waals surface area contributed by atoms with Gasteiger partial charge in [0.1, 0.15) is 0 Å². The molecule has 0 aromatic rings. The highest BCUT2D eigenvalue weighted by molar-refractivity contribution is 7.99. The molecule has 0 saturated carbocycles. The number of thioether (sulfide) groups is 1. The lowest BCUT2D eigenvalue weighted by Crippen LogP contribution is -2.27. The van der Waals surface area contributed by atoms with Crippen molar-refractivity contribution in [2.75, 3.05) is 18.1 Å². The minimum Gasteiger partial charge on any atom is -0.481 e. The van der Waals surface area contributed by atoms with Gasteiger partial charge < -0.3 is 10.4 Å². The van der Waals surface area contributed by atoms with Crippen LogP contribution < -0.4 is 5.32 Å². The van der Waals surface area contributed by atoms with Crippen molar-refractivity contribution in [2.24, 2.45) is 5.92 Å². The minimum atomic E-state index is -0.808. The smallest absolute Gasteiger partial charge is 0.307 e. The van der Waals surface area contributed by atoms with E-state index in [1.54, 1.807) is 6.92 Å². The summed E-state index contributed by atoms with van der Waals surface area (Å²) in [6, 6.07) is 0. The zero-order chi connectivity index (χ0) is 14.1. The molecule has 0 aromatic carbocycles. The van der Waals surface area contributed by atoms with Crippen LogP contribution in [-0.2, 0) is 9.59 Å². The van der Waals surface area contributed by atoms with Crippen LogP contribution in [0, 0.1) is 5.92 Å². The van der Waals surface area contributed by atoms with Gasteiger partial charge >= 0.3 is 5.97 Å². The van der Waals surface area contributed by atoms with Crippen LogP contribution in [0.4, 0.5) is 0 Å². The number of aliphatic carboxylic acids is 1. The molecule has 1 aliphatic rings. The molecule has 2 N–H and O–H groups in total. The molecule has 108 valence electrons. The first-order valence-corrected chi connectivity index (χ1v) is 8.00. The van der Waals surface area contributed by atoms with Crippen molar-refractivity contribution in [1.29, 1.82) is 0 Å². The largest absolute Gasteiger partial charge is 0.481 e. The van der Waals surface area contributed by atoms with E-state index in [0.29, 0.717) is 18.1 Å². The summed E-state index contributed by atoms with van der Waals surface area (Å²) in [6.45, 7) is 2.35. The molecule has 1 aliphatic carbocycles. The molecule has 19 heavy (non-hydrogen) atoms. The zero-order valence-electron chi connectivity index (χ0n) is 11.5. The number of allylic oxidation sites excluding steroid dienone is 1. The summed E-state index contributed by atoms with van der Waals surface area (Å²) in [7, 11) is 0. The molecular weight excluding hydrogens is 262 g/mol. The number of carboxylic acids is 1.